The van der Waals surface area contributed by atoms with Gasteiger partial charge in [-0.3, -0.25) is 4.68 Å². The normalized spacial score (nSPS) is 18.8. The molecular formula is C13H22BrN3O2. The van der Waals surface area contributed by atoms with Crippen LogP contribution in [0.25, 0.3) is 0 Å². The molecule has 0 spiro atoms. The molecule has 1 aromatic heterocycles. The molecule has 1 aliphatic carbocycles. The lowest BCUT2D eigenvalue weighted by Crippen LogP contribution is -2.37. The second-order valence-corrected chi connectivity index (χ2v) is 6.35. The number of hydrogen-bond acceptors (Lipinski definition) is 4. The van der Waals surface area contributed by atoms with Gasteiger partial charge in [0.15, 0.2) is 0 Å². The van der Waals surface area contributed by atoms with Gasteiger partial charge in [0.1, 0.15) is 5.60 Å². The van der Waals surface area contributed by atoms with Gasteiger partial charge in [0.25, 0.3) is 0 Å². The summed E-state index contributed by atoms with van der Waals surface area (Å²) >= 11 is 3.51. The molecule has 0 amide bonds. The number of halogens is 1. The van der Waals surface area contributed by atoms with Crippen LogP contribution < -0.4 is 0 Å². The number of rotatable bonds is 7. The molecule has 19 heavy (non-hydrogen) atoms. The quantitative estimate of drug-likeness (QED) is 0.821. The maximum atomic E-state index is 11.0. The first-order chi connectivity index (χ1) is 8.99. The highest BCUT2D eigenvalue weighted by atomic mass is 79.9. The van der Waals surface area contributed by atoms with E-state index in [1.807, 2.05) is 18.8 Å². The van der Waals surface area contributed by atoms with Crippen LogP contribution in [0.1, 0.15) is 18.5 Å². The molecule has 0 aliphatic heterocycles. The average Bonchev–Trinajstić information content (AvgIpc) is 3.12. The van der Waals surface area contributed by atoms with Crippen molar-refractivity contribution in [3.63, 3.8) is 0 Å². The van der Waals surface area contributed by atoms with Crippen molar-refractivity contribution < 1.29 is 9.84 Å². The Morgan fingerprint density at radius 3 is 2.79 bits per heavy atom. The van der Waals surface area contributed by atoms with Crippen LogP contribution in [0.15, 0.2) is 10.7 Å². The van der Waals surface area contributed by atoms with Crippen LogP contribution >= 0.6 is 15.9 Å². The summed E-state index contributed by atoms with van der Waals surface area (Å²) in [5.41, 5.74) is -0.0881. The lowest BCUT2D eigenvalue weighted by atomic mass is 9.94. The number of methoxy groups -OCH3 is 1. The number of aromatic nitrogens is 2. The number of likely N-dealkylation sites (N-methyl/N-ethyl adjacent to an activating group) is 1. The maximum Gasteiger partial charge on any atom is 0.133 e. The molecule has 0 aromatic carbocycles. The van der Waals surface area contributed by atoms with Gasteiger partial charge >= 0.3 is 0 Å². The van der Waals surface area contributed by atoms with Gasteiger partial charge in [-0.2, -0.15) is 5.10 Å². The van der Waals surface area contributed by atoms with E-state index in [4.69, 9.17) is 4.74 Å². The Balaban J connectivity index is 2.28. The lowest BCUT2D eigenvalue weighted by molar-refractivity contribution is -0.0601. The topological polar surface area (TPSA) is 50.5 Å². The first-order valence-corrected chi connectivity index (χ1v) is 7.36. The van der Waals surface area contributed by atoms with Crippen molar-refractivity contribution >= 4 is 15.9 Å². The maximum absolute atomic E-state index is 11.0. The standard InChI is InChI=1S/C13H22BrN3O2/c1-16(2)6-7-17-12(11(14)8-15-17)13(18,9-19-3)10-4-5-10/h8,10,18H,4-7,9H2,1-3H3. The molecule has 1 atom stereocenters. The minimum absolute atomic E-state index is 0.276. The van der Waals surface area contributed by atoms with E-state index in [1.54, 1.807) is 13.3 Å². The van der Waals surface area contributed by atoms with Crippen molar-refractivity contribution in [2.75, 3.05) is 34.4 Å². The van der Waals surface area contributed by atoms with Gasteiger partial charge in [0, 0.05) is 13.7 Å². The smallest absolute Gasteiger partial charge is 0.133 e. The largest absolute Gasteiger partial charge is 0.381 e. The molecule has 0 saturated heterocycles. The van der Waals surface area contributed by atoms with E-state index < -0.39 is 5.60 Å². The van der Waals surface area contributed by atoms with E-state index in [2.05, 4.69) is 25.9 Å². The van der Waals surface area contributed by atoms with Crippen molar-refractivity contribution in [3.05, 3.63) is 16.4 Å². The SMILES string of the molecule is COCC(O)(c1c(Br)cnn1CCN(C)C)C1CC1. The highest BCUT2D eigenvalue weighted by molar-refractivity contribution is 9.10. The van der Waals surface area contributed by atoms with Crippen molar-refractivity contribution in [2.45, 2.75) is 25.0 Å². The van der Waals surface area contributed by atoms with E-state index in [1.165, 1.54) is 0 Å². The lowest BCUT2D eigenvalue weighted by Gasteiger charge is -2.29. The van der Waals surface area contributed by atoms with Crippen LogP contribution in [0.2, 0.25) is 0 Å². The van der Waals surface area contributed by atoms with Gasteiger partial charge in [0.05, 0.1) is 29.5 Å². The Labute approximate surface area is 122 Å². The summed E-state index contributed by atoms with van der Waals surface area (Å²) in [6, 6.07) is 0. The Bertz CT molecular complexity index is 432. The van der Waals surface area contributed by atoms with Gasteiger partial charge in [-0.15, -0.1) is 0 Å². The fourth-order valence-electron chi connectivity index (χ4n) is 2.42. The molecule has 1 N–H and O–H groups in total. The third-order valence-electron chi connectivity index (χ3n) is 3.58. The molecule has 6 heteroatoms. The van der Waals surface area contributed by atoms with E-state index in [-0.39, 0.29) is 5.92 Å². The predicted molar refractivity (Wildman–Crippen MR) is 77.0 cm³/mol. The summed E-state index contributed by atoms with van der Waals surface area (Å²) in [6.07, 6.45) is 3.85. The fourth-order valence-corrected chi connectivity index (χ4v) is 3.06. The van der Waals surface area contributed by atoms with Crippen LogP contribution in [0.5, 0.6) is 0 Å². The Hall–Kier alpha value is -0.430. The van der Waals surface area contributed by atoms with Gasteiger partial charge < -0.3 is 14.7 Å². The monoisotopic (exact) mass is 331 g/mol. The Morgan fingerprint density at radius 1 is 1.58 bits per heavy atom. The van der Waals surface area contributed by atoms with Gasteiger partial charge in [-0.05, 0) is 48.8 Å². The molecule has 1 heterocycles. The molecule has 1 aliphatic rings. The van der Waals surface area contributed by atoms with E-state index in [0.717, 1.165) is 36.1 Å². The van der Waals surface area contributed by atoms with Gasteiger partial charge in [-0.1, -0.05) is 0 Å². The molecule has 1 unspecified atom stereocenters. The van der Waals surface area contributed by atoms with Crippen LogP contribution in [0.3, 0.4) is 0 Å². The molecule has 0 bridgehead atoms. The fraction of sp³-hybridized carbons (Fsp3) is 0.769. The minimum atomic E-state index is -0.934. The average molecular weight is 332 g/mol. The molecule has 1 fully saturated rings. The zero-order valence-electron chi connectivity index (χ0n) is 11.8. The summed E-state index contributed by atoms with van der Waals surface area (Å²) in [5, 5.41) is 15.4. The summed E-state index contributed by atoms with van der Waals surface area (Å²) in [5.74, 6) is 0.276. The van der Waals surface area contributed by atoms with Crippen molar-refractivity contribution in [1.29, 1.82) is 0 Å². The van der Waals surface area contributed by atoms with Crippen LogP contribution in [-0.4, -0.2) is 54.1 Å². The summed E-state index contributed by atoms with van der Waals surface area (Å²) in [6.45, 7) is 1.95. The molecule has 0 radical (unpaired) electrons. The van der Waals surface area contributed by atoms with Crippen molar-refractivity contribution in [3.8, 4) is 0 Å². The van der Waals surface area contributed by atoms with Crippen LogP contribution in [0.4, 0.5) is 0 Å². The third-order valence-corrected chi connectivity index (χ3v) is 4.16. The summed E-state index contributed by atoms with van der Waals surface area (Å²) < 4.78 is 7.99. The van der Waals surface area contributed by atoms with Crippen molar-refractivity contribution in [1.82, 2.24) is 14.7 Å². The van der Waals surface area contributed by atoms with E-state index in [0.29, 0.717) is 6.61 Å². The predicted octanol–water partition coefficient (Wildman–Crippen LogP) is 1.45. The number of nitrogens with zero attached hydrogens (tertiary/aromatic N) is 3. The Morgan fingerprint density at radius 2 is 2.26 bits per heavy atom. The van der Waals surface area contributed by atoms with E-state index >= 15 is 0 Å². The molecular weight excluding hydrogens is 310 g/mol. The highest BCUT2D eigenvalue weighted by Crippen LogP contribution is 2.47. The first kappa shape index (κ1) is 15.0. The number of aliphatic hydroxyl groups is 1. The second-order valence-electron chi connectivity index (χ2n) is 5.50. The zero-order chi connectivity index (χ0) is 14.0. The summed E-state index contributed by atoms with van der Waals surface area (Å²) in [4.78, 5) is 2.10. The van der Waals surface area contributed by atoms with Crippen molar-refractivity contribution in [2.24, 2.45) is 5.92 Å². The number of hydrogen-bond donors (Lipinski definition) is 1. The molecule has 1 saturated carbocycles. The molecule has 5 nitrogen and oxygen atoms in total. The summed E-state index contributed by atoms with van der Waals surface area (Å²) in [7, 11) is 5.68. The molecule has 108 valence electrons. The molecule has 1 aromatic rings. The van der Waals surface area contributed by atoms with Crippen LogP contribution in [-0.2, 0) is 16.9 Å². The van der Waals surface area contributed by atoms with E-state index in [9.17, 15) is 5.11 Å². The minimum Gasteiger partial charge on any atom is -0.381 e. The zero-order valence-corrected chi connectivity index (χ0v) is 13.4. The van der Waals surface area contributed by atoms with Gasteiger partial charge in [0.2, 0.25) is 0 Å². The highest BCUT2D eigenvalue weighted by Gasteiger charge is 2.48. The van der Waals surface area contributed by atoms with Gasteiger partial charge in [-0.25, -0.2) is 0 Å². The Kier molecular flexibility index (Phi) is 4.66. The number of ether oxygens (including phenoxy) is 1. The molecule has 2 rings (SSSR count). The second kappa shape index (κ2) is 5.91. The third kappa shape index (κ3) is 3.18. The first-order valence-electron chi connectivity index (χ1n) is 6.57. The van der Waals surface area contributed by atoms with Crippen LogP contribution in [0, 0.1) is 5.92 Å².